The number of rotatable bonds is 21. The zero-order chi connectivity index (χ0) is 63.9. The lowest BCUT2D eigenvalue weighted by atomic mass is 9.74. The van der Waals surface area contributed by atoms with Crippen LogP contribution in [0, 0.1) is 6.92 Å². The molecular formula is C56H53B4ClN5O19S2-3. The Morgan fingerprint density at radius 3 is 1.26 bits per heavy atom. The number of aryl methyl sites for hydroxylation is 1. The lowest BCUT2D eigenvalue weighted by Crippen LogP contribution is -2.40. The predicted octanol–water partition coefficient (Wildman–Crippen LogP) is 0.0730. The highest BCUT2D eigenvalue weighted by Gasteiger charge is 2.32. The maximum atomic E-state index is 12.9. The molecule has 8 aromatic rings. The second-order valence-corrected chi connectivity index (χ2v) is 20.9. The molecule has 12 N–H and O–H groups in total. The Bertz CT molecular complexity index is 3590. The first kappa shape index (κ1) is 69.0. The summed E-state index contributed by atoms with van der Waals surface area (Å²) in [5.41, 5.74) is 1.75. The van der Waals surface area contributed by atoms with Crippen LogP contribution >= 0.6 is 34.3 Å². The van der Waals surface area contributed by atoms with Gasteiger partial charge in [-0.05, 0) is 93.0 Å². The van der Waals surface area contributed by atoms with Gasteiger partial charge in [-0.25, -0.2) is 0 Å². The molecule has 0 radical (unpaired) electrons. The summed E-state index contributed by atoms with van der Waals surface area (Å²) in [5.74, 6) is -10.1. The number of nitrogens with zero attached hydrogens (tertiary/aromatic N) is 1. The Hall–Kier alpha value is -8.77. The zero-order valence-electron chi connectivity index (χ0n) is 45.8. The van der Waals surface area contributed by atoms with Gasteiger partial charge >= 0.3 is 28.5 Å². The number of thiophene rings is 2. The molecule has 1 unspecified atom stereocenters. The van der Waals surface area contributed by atoms with Crippen molar-refractivity contribution < 1.29 is 93.6 Å². The largest absolute Gasteiger partial charge is 0.545 e. The second kappa shape index (κ2) is 33.8. The van der Waals surface area contributed by atoms with Gasteiger partial charge in [0.05, 0.1) is 59.5 Å². The van der Waals surface area contributed by atoms with Gasteiger partial charge in [0.15, 0.2) is 0 Å². The Morgan fingerprint density at radius 2 is 0.885 bits per heavy atom. The molecule has 5 aromatic carbocycles. The van der Waals surface area contributed by atoms with Crippen LogP contribution in [0.15, 0.2) is 167 Å². The van der Waals surface area contributed by atoms with Crippen molar-refractivity contribution in [3.63, 3.8) is 0 Å². The van der Waals surface area contributed by atoms with Crippen LogP contribution in [0.3, 0.4) is 0 Å². The van der Waals surface area contributed by atoms with Crippen molar-refractivity contribution in [2.45, 2.75) is 50.5 Å². The van der Waals surface area contributed by atoms with Gasteiger partial charge < -0.3 is 95.7 Å². The van der Waals surface area contributed by atoms with Gasteiger partial charge in [-0.3, -0.25) is 19.2 Å². The van der Waals surface area contributed by atoms with E-state index in [1.165, 1.54) is 109 Å². The number of hydrogen-bond donors (Lipinski definition) is 12. The summed E-state index contributed by atoms with van der Waals surface area (Å²) in [6.07, 6.45) is 0.356. The van der Waals surface area contributed by atoms with E-state index in [0.717, 1.165) is 9.75 Å². The standard InChI is InChI=1S/C19H16BClN2O6.C14H14BNO5S.C13H14BNO3S.C10H12BNO5/c1-10-15(16(23-29-10)13-7-2-3-8-14(13)21)18(24)22-17(20(27)28)11-5-4-6-12(9-11)19(25)26;17-12(8-11-5-2-6-22-11)16-13(15(20)21)9-3-1-4-10(7-9)14(18)19;16-12(9-11-7-4-8-19-11)15-13(14(17)18)10-5-2-1-3-6-10;1-6(13)12-9(11(16)17)7-3-2-4-8(5-7)10(14)15/h2-9,17,27-28H,1H3,(H,22,24)(H,25,26);1-7,13,20-21H,8H2,(H,16,17)(H,18,19);1-8,13,17-18H,9H2,(H,15,16);2-5,9,16-17H,1H3,(H,12,13)(H,14,15)/p-3/t;2*13-;9-/m.000/s1. The van der Waals surface area contributed by atoms with Gasteiger partial charge in [0.2, 0.25) is 17.7 Å². The number of benzene rings is 5. The van der Waals surface area contributed by atoms with Crippen molar-refractivity contribution >= 4 is 104 Å². The summed E-state index contributed by atoms with van der Waals surface area (Å²) in [6, 6.07) is 39.3. The van der Waals surface area contributed by atoms with Crippen LogP contribution in [0.2, 0.25) is 5.02 Å². The lowest BCUT2D eigenvalue weighted by Gasteiger charge is -2.19. The molecule has 3 aromatic heterocycles. The molecule has 0 aliphatic heterocycles. The summed E-state index contributed by atoms with van der Waals surface area (Å²) in [5, 5.41) is 126. The fourth-order valence-electron chi connectivity index (χ4n) is 8.06. The van der Waals surface area contributed by atoms with E-state index in [-0.39, 0.29) is 75.1 Å². The number of carboxylic acids is 3. The molecule has 0 bridgehead atoms. The molecular weight excluding hydrogens is 1190 g/mol. The summed E-state index contributed by atoms with van der Waals surface area (Å²) < 4.78 is 5.14. The Balaban J connectivity index is 0.000000216. The van der Waals surface area contributed by atoms with Crippen LogP contribution in [0.5, 0.6) is 0 Å². The number of aromatic carboxylic acids is 3. The van der Waals surface area contributed by atoms with Crippen molar-refractivity contribution in [3.05, 3.63) is 227 Å². The SMILES string of the molecule is CC(=O)N[C@H](B(O)O)c1cccc(C(=O)[O-])c1.Cc1onc(-c2ccccc2Cl)c1C(=O)NC(B(O)O)c1cccc(C(=O)[O-])c1.O=C(Cc1cccs1)N[C@H](B(O)O)c1cccc(C(=O)[O-])c1.O=C(Cc1cccs1)N[C@H](B(O)O)c1ccccc1. The summed E-state index contributed by atoms with van der Waals surface area (Å²) >= 11 is 9.10. The number of carbonyl (C=O) groups excluding carboxylic acids is 7. The summed E-state index contributed by atoms with van der Waals surface area (Å²) in [6.45, 7) is 2.75. The van der Waals surface area contributed by atoms with Crippen LogP contribution in [-0.4, -0.2) is 115 Å². The maximum Gasteiger partial charge on any atom is 0.480 e. The molecule has 31 heteroatoms. The van der Waals surface area contributed by atoms with Gasteiger partial charge in [0.1, 0.15) is 17.0 Å². The van der Waals surface area contributed by atoms with Crippen LogP contribution < -0.4 is 36.6 Å². The van der Waals surface area contributed by atoms with E-state index in [2.05, 4.69) is 26.4 Å². The lowest BCUT2D eigenvalue weighted by molar-refractivity contribution is -0.256. The molecule has 8 rings (SSSR count). The molecule has 0 saturated carbocycles. The van der Waals surface area contributed by atoms with E-state index in [1.54, 1.807) is 54.6 Å². The van der Waals surface area contributed by atoms with Gasteiger partial charge in [0, 0.05) is 22.2 Å². The van der Waals surface area contributed by atoms with Crippen LogP contribution in [-0.2, 0) is 27.2 Å². The molecule has 450 valence electrons. The maximum absolute atomic E-state index is 12.9. The van der Waals surface area contributed by atoms with Crippen LogP contribution in [0.25, 0.3) is 11.3 Å². The van der Waals surface area contributed by atoms with E-state index in [0.29, 0.717) is 16.1 Å². The topological polar surface area (TPSA) is 425 Å². The second-order valence-electron chi connectivity index (χ2n) is 18.5. The van der Waals surface area contributed by atoms with Gasteiger partial charge in [-0.2, -0.15) is 0 Å². The number of halogens is 1. The molecule has 0 aliphatic rings. The molecule has 4 atom stereocenters. The number of carboxylic acid groups (broad SMARTS) is 3. The minimum atomic E-state index is -2.00. The Kier molecular flexibility index (Phi) is 26.8. The highest BCUT2D eigenvalue weighted by atomic mass is 35.5. The first-order valence-electron chi connectivity index (χ1n) is 25.7. The molecule has 3 heterocycles. The van der Waals surface area contributed by atoms with Crippen molar-refractivity contribution in [3.8, 4) is 11.3 Å². The van der Waals surface area contributed by atoms with E-state index in [9.17, 15) is 79.0 Å². The average Bonchev–Trinajstić information content (AvgIpc) is 2.14. The molecule has 0 fully saturated rings. The normalized spacial score (nSPS) is 11.8. The molecule has 24 nitrogen and oxygen atoms in total. The van der Waals surface area contributed by atoms with Gasteiger partial charge in [-0.1, -0.05) is 132 Å². The smallest absolute Gasteiger partial charge is 0.480 e. The molecule has 0 saturated heterocycles. The van der Waals surface area contributed by atoms with E-state index in [1.807, 2.05) is 35.0 Å². The van der Waals surface area contributed by atoms with Gasteiger partial charge in [0.25, 0.3) is 5.91 Å². The minimum absolute atomic E-state index is 0.0693. The highest BCUT2D eigenvalue weighted by molar-refractivity contribution is 7.10. The van der Waals surface area contributed by atoms with E-state index in [4.69, 9.17) is 26.2 Å². The third kappa shape index (κ3) is 21.3. The number of amides is 4. The fraction of sp³-hybridized carbons (Fsp3) is 0.143. The molecule has 87 heavy (non-hydrogen) atoms. The molecule has 0 spiro atoms. The fourth-order valence-corrected chi connectivity index (χ4v) is 9.69. The highest BCUT2D eigenvalue weighted by Crippen LogP contribution is 2.32. The van der Waals surface area contributed by atoms with E-state index >= 15 is 0 Å². The number of nitrogens with one attached hydrogen (secondary N) is 4. The average molecular weight is 1240 g/mol. The van der Waals surface area contributed by atoms with Gasteiger partial charge in [-0.15, -0.1) is 22.7 Å². The third-order valence-electron chi connectivity index (χ3n) is 12.1. The third-order valence-corrected chi connectivity index (χ3v) is 14.2. The van der Waals surface area contributed by atoms with Crippen molar-refractivity contribution in [2.75, 3.05) is 0 Å². The first-order chi connectivity index (χ1) is 41.3. The zero-order valence-corrected chi connectivity index (χ0v) is 48.2. The molecule has 0 aliphatic carbocycles. The van der Waals surface area contributed by atoms with Crippen molar-refractivity contribution in [1.29, 1.82) is 0 Å². The predicted molar refractivity (Wildman–Crippen MR) is 316 cm³/mol. The number of aromatic nitrogens is 1. The summed E-state index contributed by atoms with van der Waals surface area (Å²) in [4.78, 5) is 82.0. The molecule has 4 amide bonds. The van der Waals surface area contributed by atoms with E-state index < -0.39 is 82.0 Å². The quantitative estimate of drug-likeness (QED) is 0.0424. The monoisotopic (exact) mass is 1240 g/mol. The van der Waals surface area contributed by atoms with Crippen molar-refractivity contribution in [2.24, 2.45) is 0 Å². The minimum Gasteiger partial charge on any atom is -0.545 e. The summed E-state index contributed by atoms with van der Waals surface area (Å²) in [7, 11) is -7.31. The Labute approximate surface area is 511 Å². The Morgan fingerprint density at radius 1 is 0.506 bits per heavy atom. The number of hydrogen-bond acceptors (Lipinski definition) is 22. The van der Waals surface area contributed by atoms with Crippen molar-refractivity contribution in [1.82, 2.24) is 26.4 Å². The first-order valence-corrected chi connectivity index (χ1v) is 27.8. The van der Waals surface area contributed by atoms with Crippen LogP contribution in [0.1, 0.15) is 110 Å². The number of carbonyl (C=O) groups is 7. The van der Waals surface area contributed by atoms with Crippen LogP contribution in [0.4, 0.5) is 0 Å².